The zero-order valence-corrected chi connectivity index (χ0v) is 9.36. The zero-order valence-electron chi connectivity index (χ0n) is 9.36. The fraction of sp³-hybridized carbons (Fsp3) is 0.462. The molecule has 2 rings (SSSR count). The molecule has 0 aromatic heterocycles. The molecule has 0 saturated heterocycles. The molecule has 0 unspecified atom stereocenters. The lowest BCUT2D eigenvalue weighted by Crippen LogP contribution is -2.21. The van der Waals surface area contributed by atoms with E-state index in [0.717, 1.165) is 31.2 Å². The number of carbonyl (C=O) groups is 1. The maximum atomic E-state index is 10.9. The van der Waals surface area contributed by atoms with Crippen LogP contribution in [-0.4, -0.2) is 16.2 Å². The maximum absolute atomic E-state index is 10.9. The third kappa shape index (κ3) is 1.83. The Hall–Kier alpha value is -1.35. The molecule has 2 N–H and O–H groups in total. The van der Waals surface area contributed by atoms with Crippen LogP contribution >= 0.6 is 0 Å². The average Bonchev–Trinajstić information content (AvgIpc) is 2.66. The van der Waals surface area contributed by atoms with Crippen molar-refractivity contribution in [3.63, 3.8) is 0 Å². The Morgan fingerprint density at radius 3 is 2.44 bits per heavy atom. The van der Waals surface area contributed by atoms with Crippen LogP contribution in [0.15, 0.2) is 18.2 Å². The first-order valence-electron chi connectivity index (χ1n) is 5.60. The number of carboxylic acids is 1. The predicted molar refractivity (Wildman–Crippen MR) is 60.5 cm³/mol. The highest BCUT2D eigenvalue weighted by atomic mass is 16.4. The van der Waals surface area contributed by atoms with Crippen LogP contribution in [0.1, 0.15) is 47.2 Å². The van der Waals surface area contributed by atoms with Gasteiger partial charge in [0.25, 0.3) is 0 Å². The van der Waals surface area contributed by atoms with E-state index in [2.05, 4.69) is 0 Å². The quantitative estimate of drug-likeness (QED) is 0.804. The molecular weight excluding hydrogens is 204 g/mol. The minimum Gasteiger partial charge on any atom is -0.478 e. The van der Waals surface area contributed by atoms with Crippen molar-refractivity contribution >= 4 is 5.97 Å². The highest BCUT2D eigenvalue weighted by Gasteiger charge is 2.33. The number of aryl methyl sites for hydroxylation is 1. The third-order valence-corrected chi connectivity index (χ3v) is 3.42. The lowest BCUT2D eigenvalue weighted by Gasteiger charge is -2.23. The molecule has 0 heterocycles. The fourth-order valence-electron chi connectivity index (χ4n) is 2.44. The summed E-state index contributed by atoms with van der Waals surface area (Å²) in [5, 5.41) is 19.3. The normalized spacial score (nSPS) is 18.6. The molecule has 86 valence electrons. The van der Waals surface area contributed by atoms with Crippen LogP contribution in [-0.2, 0) is 5.60 Å². The van der Waals surface area contributed by atoms with E-state index in [0.29, 0.717) is 11.1 Å². The highest BCUT2D eigenvalue weighted by Crippen LogP contribution is 2.38. The van der Waals surface area contributed by atoms with Crippen LogP contribution in [0.3, 0.4) is 0 Å². The second-order valence-corrected chi connectivity index (χ2v) is 4.57. The molecular formula is C13H16O3. The van der Waals surface area contributed by atoms with Crippen molar-refractivity contribution in [2.75, 3.05) is 0 Å². The monoisotopic (exact) mass is 220 g/mol. The van der Waals surface area contributed by atoms with Gasteiger partial charge in [-0.1, -0.05) is 25.0 Å². The van der Waals surface area contributed by atoms with Crippen molar-refractivity contribution in [2.45, 2.75) is 38.2 Å². The van der Waals surface area contributed by atoms with Gasteiger partial charge in [-0.3, -0.25) is 0 Å². The van der Waals surface area contributed by atoms with Crippen LogP contribution in [0.5, 0.6) is 0 Å². The number of aromatic carboxylic acids is 1. The van der Waals surface area contributed by atoms with E-state index in [-0.39, 0.29) is 0 Å². The van der Waals surface area contributed by atoms with E-state index >= 15 is 0 Å². The number of aliphatic hydroxyl groups is 1. The number of carboxylic acid groups (broad SMARTS) is 1. The van der Waals surface area contributed by atoms with Crippen LogP contribution < -0.4 is 0 Å². The van der Waals surface area contributed by atoms with Gasteiger partial charge in [0.1, 0.15) is 0 Å². The molecule has 0 aliphatic heterocycles. The molecule has 3 nitrogen and oxygen atoms in total. The lowest BCUT2D eigenvalue weighted by molar-refractivity contribution is 0.0442. The van der Waals surface area contributed by atoms with Crippen LogP contribution in [0.2, 0.25) is 0 Å². The first-order valence-corrected chi connectivity index (χ1v) is 5.60. The van der Waals surface area contributed by atoms with Gasteiger partial charge in [0.2, 0.25) is 0 Å². The number of hydrogen-bond donors (Lipinski definition) is 2. The largest absolute Gasteiger partial charge is 0.478 e. The molecule has 1 aliphatic rings. The Kier molecular flexibility index (Phi) is 2.72. The fourth-order valence-corrected chi connectivity index (χ4v) is 2.44. The van der Waals surface area contributed by atoms with Crippen molar-refractivity contribution < 1.29 is 15.0 Å². The number of hydrogen-bond acceptors (Lipinski definition) is 2. The molecule has 1 aliphatic carbocycles. The summed E-state index contributed by atoms with van der Waals surface area (Å²) in [5.74, 6) is -0.914. The molecule has 1 saturated carbocycles. The Morgan fingerprint density at radius 1 is 1.31 bits per heavy atom. The molecule has 16 heavy (non-hydrogen) atoms. The minimum atomic E-state index is -0.914. The molecule has 0 atom stereocenters. The molecule has 0 amide bonds. The van der Waals surface area contributed by atoms with Gasteiger partial charge in [-0.2, -0.15) is 0 Å². The Labute approximate surface area is 94.7 Å². The van der Waals surface area contributed by atoms with Gasteiger partial charge < -0.3 is 10.2 Å². The van der Waals surface area contributed by atoms with Crippen molar-refractivity contribution in [3.8, 4) is 0 Å². The first kappa shape index (κ1) is 11.1. The number of rotatable bonds is 2. The van der Waals surface area contributed by atoms with Gasteiger partial charge in [-0.05, 0) is 37.0 Å². The Balaban J connectivity index is 2.37. The summed E-state index contributed by atoms with van der Waals surface area (Å²) in [4.78, 5) is 10.9. The van der Waals surface area contributed by atoms with Crippen molar-refractivity contribution in [3.05, 3.63) is 34.9 Å². The number of benzene rings is 1. The smallest absolute Gasteiger partial charge is 0.335 e. The lowest BCUT2D eigenvalue weighted by atomic mass is 9.90. The molecule has 0 spiro atoms. The van der Waals surface area contributed by atoms with Gasteiger partial charge >= 0.3 is 5.97 Å². The van der Waals surface area contributed by atoms with Gasteiger partial charge in [0, 0.05) is 0 Å². The standard InChI is InChI=1S/C13H16O3/c1-9-8-10(4-5-11(9)12(14)15)13(16)6-2-3-7-13/h4-5,8,16H,2-3,6-7H2,1H3,(H,14,15). The zero-order chi connectivity index (χ0) is 11.8. The molecule has 1 aromatic rings. The van der Waals surface area contributed by atoms with Crippen molar-refractivity contribution in [1.82, 2.24) is 0 Å². The van der Waals surface area contributed by atoms with E-state index in [1.165, 1.54) is 0 Å². The summed E-state index contributed by atoms with van der Waals surface area (Å²) in [6.45, 7) is 1.77. The van der Waals surface area contributed by atoms with Gasteiger partial charge in [-0.15, -0.1) is 0 Å². The Bertz CT molecular complexity index is 417. The van der Waals surface area contributed by atoms with Crippen LogP contribution in [0.25, 0.3) is 0 Å². The topological polar surface area (TPSA) is 57.5 Å². The Morgan fingerprint density at radius 2 is 1.94 bits per heavy atom. The summed E-state index contributed by atoms with van der Waals surface area (Å²) >= 11 is 0. The summed E-state index contributed by atoms with van der Waals surface area (Å²) in [7, 11) is 0. The second kappa shape index (κ2) is 3.91. The van der Waals surface area contributed by atoms with Crippen LogP contribution in [0, 0.1) is 6.92 Å². The minimum absolute atomic E-state index is 0.311. The van der Waals surface area contributed by atoms with E-state index in [4.69, 9.17) is 5.11 Å². The van der Waals surface area contributed by atoms with Crippen molar-refractivity contribution in [2.24, 2.45) is 0 Å². The van der Waals surface area contributed by atoms with Gasteiger partial charge in [-0.25, -0.2) is 4.79 Å². The van der Waals surface area contributed by atoms with E-state index < -0.39 is 11.6 Å². The van der Waals surface area contributed by atoms with Gasteiger partial charge in [0.05, 0.1) is 11.2 Å². The van der Waals surface area contributed by atoms with E-state index in [1.54, 1.807) is 25.1 Å². The van der Waals surface area contributed by atoms with E-state index in [1.807, 2.05) is 0 Å². The summed E-state index contributed by atoms with van der Waals surface area (Å²) in [5.41, 5.74) is 1.14. The third-order valence-electron chi connectivity index (χ3n) is 3.42. The molecule has 0 radical (unpaired) electrons. The van der Waals surface area contributed by atoms with Crippen molar-refractivity contribution in [1.29, 1.82) is 0 Å². The molecule has 1 fully saturated rings. The first-order chi connectivity index (χ1) is 7.53. The molecule has 1 aromatic carbocycles. The highest BCUT2D eigenvalue weighted by molar-refractivity contribution is 5.89. The SMILES string of the molecule is Cc1cc(C2(O)CCCC2)ccc1C(=O)O. The summed E-state index contributed by atoms with van der Waals surface area (Å²) in [6, 6.07) is 5.12. The summed E-state index contributed by atoms with van der Waals surface area (Å²) in [6.07, 6.45) is 3.63. The van der Waals surface area contributed by atoms with Crippen LogP contribution in [0.4, 0.5) is 0 Å². The molecule has 3 heteroatoms. The second-order valence-electron chi connectivity index (χ2n) is 4.57. The predicted octanol–water partition coefficient (Wildman–Crippen LogP) is 2.45. The molecule has 0 bridgehead atoms. The summed E-state index contributed by atoms with van der Waals surface area (Å²) < 4.78 is 0. The van der Waals surface area contributed by atoms with Gasteiger partial charge in [0.15, 0.2) is 0 Å². The maximum Gasteiger partial charge on any atom is 0.335 e. The van der Waals surface area contributed by atoms with E-state index in [9.17, 15) is 9.90 Å². The average molecular weight is 220 g/mol.